The predicted octanol–water partition coefficient (Wildman–Crippen LogP) is 3.36. The molecule has 1 N–H and O–H groups in total. The number of carbonyl (C=O) groups is 1. The normalized spacial score (nSPS) is 11.6. The Morgan fingerprint density at radius 1 is 1.10 bits per heavy atom. The summed E-state index contributed by atoms with van der Waals surface area (Å²) in [7, 11) is -0.746. The van der Waals surface area contributed by atoms with Crippen LogP contribution in [0.3, 0.4) is 0 Å². The molecule has 0 bridgehead atoms. The highest BCUT2D eigenvalue weighted by atomic mass is 32.2. The van der Waals surface area contributed by atoms with E-state index in [0.717, 1.165) is 15.3 Å². The van der Waals surface area contributed by atoms with Crippen molar-refractivity contribution in [2.45, 2.75) is 13.3 Å². The molecule has 0 spiro atoms. The minimum atomic E-state index is -3.76. The summed E-state index contributed by atoms with van der Waals surface area (Å²) in [6, 6.07) is 14.1. The highest BCUT2D eigenvalue weighted by Gasteiger charge is 2.22. The van der Waals surface area contributed by atoms with Crippen molar-refractivity contribution in [3.63, 3.8) is 0 Å². The second kappa shape index (κ2) is 10.6. The maximum Gasteiger partial charge on any atom is 0.239 e. The van der Waals surface area contributed by atoms with Gasteiger partial charge in [0, 0.05) is 18.0 Å². The number of rotatable bonds is 10. The fourth-order valence-electron chi connectivity index (χ4n) is 2.61. The molecule has 0 unspecified atom stereocenters. The lowest BCUT2D eigenvalue weighted by Crippen LogP contribution is -2.37. The summed E-state index contributed by atoms with van der Waals surface area (Å²) in [4.78, 5) is 12.5. The van der Waals surface area contributed by atoms with E-state index in [1.807, 2.05) is 25.1 Å². The van der Waals surface area contributed by atoms with Crippen molar-refractivity contribution in [3.8, 4) is 11.5 Å². The van der Waals surface area contributed by atoms with Gasteiger partial charge >= 0.3 is 0 Å². The van der Waals surface area contributed by atoms with Gasteiger partial charge in [0.15, 0.2) is 0 Å². The van der Waals surface area contributed by atoms with E-state index in [-0.39, 0.29) is 13.1 Å². The van der Waals surface area contributed by atoms with Gasteiger partial charge < -0.3 is 14.8 Å². The van der Waals surface area contributed by atoms with Crippen LogP contribution in [0.5, 0.6) is 11.5 Å². The van der Waals surface area contributed by atoms with E-state index in [1.54, 1.807) is 30.3 Å². The molecule has 0 aliphatic heterocycles. The molecule has 29 heavy (non-hydrogen) atoms. The summed E-state index contributed by atoms with van der Waals surface area (Å²) in [5.74, 6) is 0.547. The fraction of sp³-hybridized carbons (Fsp3) is 0.286. The monoisotopic (exact) mass is 418 g/mol. The van der Waals surface area contributed by atoms with E-state index in [9.17, 15) is 13.2 Å². The molecule has 0 aliphatic rings. The van der Waals surface area contributed by atoms with Crippen LogP contribution in [0.1, 0.15) is 18.9 Å². The standard InChI is InChI=1S/C21H26N2O5S/c1-4-13-23(29(25,26)14-12-17-8-6-5-7-9-17)16-21(24)22-19-11-10-18(27-2)15-20(19)28-3/h5-12,14-15H,4,13,16H2,1-3H3,(H,22,24). The summed E-state index contributed by atoms with van der Waals surface area (Å²) in [6.07, 6.45) is 2.10. The minimum Gasteiger partial charge on any atom is -0.497 e. The van der Waals surface area contributed by atoms with Crippen molar-refractivity contribution in [2.24, 2.45) is 0 Å². The molecule has 2 aromatic carbocycles. The zero-order chi connectivity index (χ0) is 21.3. The van der Waals surface area contributed by atoms with E-state index in [0.29, 0.717) is 23.6 Å². The van der Waals surface area contributed by atoms with E-state index in [2.05, 4.69) is 5.32 Å². The molecule has 0 radical (unpaired) electrons. The first-order valence-electron chi connectivity index (χ1n) is 9.14. The maximum atomic E-state index is 12.7. The number of nitrogens with one attached hydrogen (secondary N) is 1. The van der Waals surface area contributed by atoms with Crippen molar-refractivity contribution < 1.29 is 22.7 Å². The Morgan fingerprint density at radius 3 is 2.45 bits per heavy atom. The molecule has 7 nitrogen and oxygen atoms in total. The molecular formula is C21H26N2O5S. The number of nitrogens with zero attached hydrogens (tertiary/aromatic N) is 1. The van der Waals surface area contributed by atoms with Gasteiger partial charge in [-0.1, -0.05) is 37.3 Å². The molecule has 2 rings (SSSR count). The molecule has 0 aromatic heterocycles. The number of benzene rings is 2. The number of anilines is 1. The van der Waals surface area contributed by atoms with Gasteiger partial charge in [0.1, 0.15) is 11.5 Å². The quantitative estimate of drug-likeness (QED) is 0.640. The SMILES string of the molecule is CCCN(CC(=O)Nc1ccc(OC)cc1OC)S(=O)(=O)C=Cc1ccccc1. The van der Waals surface area contributed by atoms with Gasteiger partial charge in [-0.15, -0.1) is 0 Å². The summed E-state index contributed by atoms with van der Waals surface area (Å²) in [6.45, 7) is 1.78. The summed E-state index contributed by atoms with van der Waals surface area (Å²) in [5.41, 5.74) is 1.20. The van der Waals surface area contributed by atoms with Gasteiger partial charge in [0.2, 0.25) is 15.9 Å². The zero-order valence-electron chi connectivity index (χ0n) is 16.8. The number of ether oxygens (including phenoxy) is 2. The van der Waals surface area contributed by atoms with Crippen LogP contribution in [-0.2, 0) is 14.8 Å². The van der Waals surface area contributed by atoms with Crippen LogP contribution in [-0.4, -0.2) is 45.9 Å². The molecule has 0 saturated carbocycles. The van der Waals surface area contributed by atoms with E-state index in [4.69, 9.17) is 9.47 Å². The molecular weight excluding hydrogens is 392 g/mol. The highest BCUT2D eigenvalue weighted by molar-refractivity contribution is 7.92. The van der Waals surface area contributed by atoms with Gasteiger partial charge in [0.05, 0.1) is 26.5 Å². The largest absolute Gasteiger partial charge is 0.497 e. The molecule has 0 aliphatic carbocycles. The van der Waals surface area contributed by atoms with Crippen LogP contribution in [0.25, 0.3) is 6.08 Å². The van der Waals surface area contributed by atoms with Crippen molar-refractivity contribution in [2.75, 3.05) is 32.6 Å². The third-order valence-corrected chi connectivity index (χ3v) is 5.58. The van der Waals surface area contributed by atoms with Crippen molar-refractivity contribution in [3.05, 3.63) is 59.5 Å². The Bertz CT molecular complexity index is 943. The summed E-state index contributed by atoms with van der Waals surface area (Å²) >= 11 is 0. The van der Waals surface area contributed by atoms with Crippen LogP contribution in [0.2, 0.25) is 0 Å². The summed E-state index contributed by atoms with van der Waals surface area (Å²) in [5, 5.41) is 3.82. The first-order valence-corrected chi connectivity index (χ1v) is 10.6. The Kier molecular flexibility index (Phi) is 8.23. The van der Waals surface area contributed by atoms with Crippen LogP contribution in [0.4, 0.5) is 5.69 Å². The van der Waals surface area contributed by atoms with Crippen molar-refractivity contribution in [1.82, 2.24) is 4.31 Å². The third-order valence-electron chi connectivity index (χ3n) is 4.07. The van der Waals surface area contributed by atoms with Crippen LogP contribution < -0.4 is 14.8 Å². The molecule has 0 heterocycles. The van der Waals surface area contributed by atoms with E-state index < -0.39 is 15.9 Å². The number of carbonyl (C=O) groups excluding carboxylic acids is 1. The molecule has 0 saturated heterocycles. The van der Waals surface area contributed by atoms with E-state index >= 15 is 0 Å². The van der Waals surface area contributed by atoms with Crippen LogP contribution in [0, 0.1) is 0 Å². The predicted molar refractivity (Wildman–Crippen MR) is 114 cm³/mol. The van der Waals surface area contributed by atoms with Crippen LogP contribution in [0.15, 0.2) is 53.9 Å². The molecule has 2 aromatic rings. The molecule has 8 heteroatoms. The van der Waals surface area contributed by atoms with Crippen molar-refractivity contribution in [1.29, 1.82) is 0 Å². The first kappa shape index (κ1) is 22.4. The smallest absolute Gasteiger partial charge is 0.239 e. The molecule has 0 atom stereocenters. The lowest BCUT2D eigenvalue weighted by molar-refractivity contribution is -0.116. The van der Waals surface area contributed by atoms with Gasteiger partial charge in [-0.25, -0.2) is 8.42 Å². The van der Waals surface area contributed by atoms with Crippen molar-refractivity contribution >= 4 is 27.7 Å². The second-order valence-corrected chi connectivity index (χ2v) is 8.02. The zero-order valence-corrected chi connectivity index (χ0v) is 17.6. The second-order valence-electron chi connectivity index (χ2n) is 6.21. The average molecular weight is 419 g/mol. The minimum absolute atomic E-state index is 0.231. The Morgan fingerprint density at radius 2 is 1.83 bits per heavy atom. The maximum absolute atomic E-state index is 12.7. The van der Waals surface area contributed by atoms with Gasteiger partial charge in [0.25, 0.3) is 0 Å². The Balaban J connectivity index is 2.13. The lowest BCUT2D eigenvalue weighted by atomic mass is 10.2. The first-order chi connectivity index (χ1) is 13.9. The number of sulfonamides is 1. The third kappa shape index (κ3) is 6.62. The number of hydrogen-bond donors (Lipinski definition) is 1. The van der Waals surface area contributed by atoms with Gasteiger partial charge in [-0.3, -0.25) is 4.79 Å². The topological polar surface area (TPSA) is 84.9 Å². The van der Waals surface area contributed by atoms with E-state index in [1.165, 1.54) is 20.3 Å². The van der Waals surface area contributed by atoms with Crippen LogP contribution >= 0.6 is 0 Å². The summed E-state index contributed by atoms with van der Waals surface area (Å²) < 4.78 is 37.0. The molecule has 0 fully saturated rings. The van der Waals surface area contributed by atoms with Gasteiger partial charge in [-0.05, 0) is 30.2 Å². The Labute approximate surface area is 172 Å². The highest BCUT2D eigenvalue weighted by Crippen LogP contribution is 2.29. The number of amides is 1. The lowest BCUT2D eigenvalue weighted by Gasteiger charge is -2.19. The molecule has 1 amide bonds. The average Bonchev–Trinajstić information content (AvgIpc) is 2.73. The fourth-order valence-corrected chi connectivity index (χ4v) is 3.85. The molecule has 156 valence electrons. The Hall–Kier alpha value is -2.84. The number of methoxy groups -OCH3 is 2. The number of hydrogen-bond acceptors (Lipinski definition) is 5. The van der Waals surface area contributed by atoms with Gasteiger partial charge in [-0.2, -0.15) is 4.31 Å².